The number of amides is 2. The molecule has 0 spiro atoms. The van der Waals surface area contributed by atoms with Crippen LogP contribution in [0.1, 0.15) is 34.7 Å². The van der Waals surface area contributed by atoms with Crippen molar-refractivity contribution in [2.24, 2.45) is 5.92 Å². The second-order valence-corrected chi connectivity index (χ2v) is 9.52. The molecule has 0 aliphatic carbocycles. The number of piperidine rings is 1. The number of nitrogens with zero attached hydrogens (tertiary/aromatic N) is 1. The van der Waals surface area contributed by atoms with Crippen LogP contribution in [0.5, 0.6) is 0 Å². The molecular formula is C17H21N3O5S2. The lowest BCUT2D eigenvalue weighted by Crippen LogP contribution is -2.49. The Morgan fingerprint density at radius 3 is 2.70 bits per heavy atom. The van der Waals surface area contributed by atoms with E-state index in [-0.39, 0.29) is 10.8 Å². The van der Waals surface area contributed by atoms with Gasteiger partial charge in [0.05, 0.1) is 11.5 Å². The van der Waals surface area contributed by atoms with Crippen LogP contribution in [-0.4, -0.2) is 37.6 Å². The molecule has 146 valence electrons. The Labute approximate surface area is 161 Å². The molecule has 1 unspecified atom stereocenters. The summed E-state index contributed by atoms with van der Waals surface area (Å²) in [6, 6.07) is 4.83. The Kier molecular flexibility index (Phi) is 5.68. The van der Waals surface area contributed by atoms with Crippen molar-refractivity contribution < 1.29 is 22.4 Å². The minimum atomic E-state index is -3.59. The second-order valence-electron chi connectivity index (χ2n) is 6.40. The van der Waals surface area contributed by atoms with Gasteiger partial charge in [-0.2, -0.15) is 4.31 Å². The molecule has 2 N–H and O–H groups in total. The molecule has 0 bridgehead atoms. The molecule has 1 atom stereocenters. The summed E-state index contributed by atoms with van der Waals surface area (Å²) in [4.78, 5) is 24.6. The van der Waals surface area contributed by atoms with E-state index < -0.39 is 27.8 Å². The number of hydrazine groups is 1. The number of aryl methyl sites for hydroxylation is 2. The highest BCUT2D eigenvalue weighted by Gasteiger charge is 2.34. The van der Waals surface area contributed by atoms with Crippen molar-refractivity contribution in [3.05, 3.63) is 40.7 Å². The van der Waals surface area contributed by atoms with Crippen molar-refractivity contribution >= 4 is 33.2 Å². The van der Waals surface area contributed by atoms with Gasteiger partial charge in [0.15, 0.2) is 0 Å². The summed E-state index contributed by atoms with van der Waals surface area (Å²) >= 11 is 1.15. The van der Waals surface area contributed by atoms with Gasteiger partial charge in [-0.1, -0.05) is 6.07 Å². The van der Waals surface area contributed by atoms with Crippen molar-refractivity contribution in [1.82, 2.24) is 15.2 Å². The van der Waals surface area contributed by atoms with E-state index in [4.69, 9.17) is 4.42 Å². The van der Waals surface area contributed by atoms with Crippen LogP contribution in [0.15, 0.2) is 32.2 Å². The van der Waals surface area contributed by atoms with Gasteiger partial charge in [-0.05, 0) is 44.2 Å². The van der Waals surface area contributed by atoms with Gasteiger partial charge in [0.2, 0.25) is 5.91 Å². The number of rotatable bonds is 4. The second kappa shape index (κ2) is 7.83. The van der Waals surface area contributed by atoms with Gasteiger partial charge in [-0.25, -0.2) is 8.42 Å². The van der Waals surface area contributed by atoms with Gasteiger partial charge in [0, 0.05) is 13.1 Å². The van der Waals surface area contributed by atoms with E-state index in [2.05, 4.69) is 10.9 Å². The summed E-state index contributed by atoms with van der Waals surface area (Å²) in [5.74, 6) is -0.347. The summed E-state index contributed by atoms with van der Waals surface area (Å²) in [6.45, 7) is 3.86. The lowest BCUT2D eigenvalue weighted by Gasteiger charge is -2.30. The van der Waals surface area contributed by atoms with Crippen LogP contribution in [0.25, 0.3) is 0 Å². The predicted octanol–water partition coefficient (Wildman–Crippen LogP) is 1.82. The lowest BCUT2D eigenvalue weighted by atomic mass is 9.99. The zero-order chi connectivity index (χ0) is 19.6. The maximum atomic E-state index is 12.6. The van der Waals surface area contributed by atoms with Crippen molar-refractivity contribution in [2.45, 2.75) is 30.9 Å². The molecule has 1 aliphatic heterocycles. The van der Waals surface area contributed by atoms with E-state index in [1.54, 1.807) is 37.4 Å². The SMILES string of the molecule is Cc1cc(C(=O)NNC(=O)C2CCCN(S(=O)(=O)c3cccs3)C2)c(C)o1. The van der Waals surface area contributed by atoms with Crippen molar-refractivity contribution in [1.29, 1.82) is 0 Å². The number of sulfonamides is 1. The molecule has 8 nitrogen and oxygen atoms in total. The monoisotopic (exact) mass is 411 g/mol. The molecule has 27 heavy (non-hydrogen) atoms. The van der Waals surface area contributed by atoms with Gasteiger partial charge in [0.1, 0.15) is 15.7 Å². The van der Waals surface area contributed by atoms with Crippen LogP contribution in [-0.2, 0) is 14.8 Å². The number of carbonyl (C=O) groups is 2. The fraction of sp³-hybridized carbons (Fsp3) is 0.412. The third-order valence-corrected chi connectivity index (χ3v) is 7.67. The Morgan fingerprint density at radius 1 is 1.30 bits per heavy atom. The average molecular weight is 412 g/mol. The summed E-state index contributed by atoms with van der Waals surface area (Å²) in [7, 11) is -3.59. The van der Waals surface area contributed by atoms with E-state index in [1.165, 1.54) is 4.31 Å². The maximum Gasteiger partial charge on any atom is 0.273 e. The van der Waals surface area contributed by atoms with E-state index in [0.29, 0.717) is 36.5 Å². The first kappa shape index (κ1) is 19.6. The normalized spacial score (nSPS) is 18.2. The van der Waals surface area contributed by atoms with E-state index in [9.17, 15) is 18.0 Å². The quantitative estimate of drug-likeness (QED) is 0.746. The first-order chi connectivity index (χ1) is 12.8. The van der Waals surface area contributed by atoms with Crippen molar-refractivity contribution in [3.63, 3.8) is 0 Å². The fourth-order valence-electron chi connectivity index (χ4n) is 3.06. The average Bonchev–Trinajstić information content (AvgIpc) is 3.29. The number of nitrogens with one attached hydrogen (secondary N) is 2. The number of hydrogen-bond acceptors (Lipinski definition) is 6. The van der Waals surface area contributed by atoms with Gasteiger partial charge in [-0.3, -0.25) is 20.4 Å². The molecular weight excluding hydrogens is 390 g/mol. The minimum absolute atomic E-state index is 0.0891. The van der Waals surface area contributed by atoms with Gasteiger partial charge >= 0.3 is 0 Å². The third-order valence-electron chi connectivity index (χ3n) is 4.43. The van der Waals surface area contributed by atoms with Gasteiger partial charge in [0.25, 0.3) is 15.9 Å². The van der Waals surface area contributed by atoms with Gasteiger partial charge in [-0.15, -0.1) is 11.3 Å². The van der Waals surface area contributed by atoms with Crippen molar-refractivity contribution in [3.8, 4) is 0 Å². The third kappa shape index (κ3) is 4.23. The van der Waals surface area contributed by atoms with Crippen LogP contribution >= 0.6 is 11.3 Å². The highest BCUT2D eigenvalue weighted by molar-refractivity contribution is 7.91. The molecule has 1 saturated heterocycles. The molecule has 1 aliphatic rings. The number of hydrogen-bond donors (Lipinski definition) is 2. The maximum absolute atomic E-state index is 12.6. The Balaban J connectivity index is 1.60. The largest absolute Gasteiger partial charge is 0.466 e. The molecule has 3 rings (SSSR count). The highest BCUT2D eigenvalue weighted by atomic mass is 32.2. The van der Waals surface area contributed by atoms with Crippen molar-refractivity contribution in [2.75, 3.05) is 13.1 Å². The molecule has 2 aromatic rings. The summed E-state index contributed by atoms with van der Waals surface area (Å²) in [5.41, 5.74) is 5.11. The number of carbonyl (C=O) groups excluding carboxylic acids is 2. The number of thiophene rings is 1. The van der Waals surface area contributed by atoms with Crippen LogP contribution in [0.3, 0.4) is 0 Å². The fourth-order valence-corrected chi connectivity index (χ4v) is 5.72. The molecule has 0 aromatic carbocycles. The smallest absolute Gasteiger partial charge is 0.273 e. The zero-order valence-corrected chi connectivity index (χ0v) is 16.7. The number of furan rings is 1. The first-order valence-electron chi connectivity index (χ1n) is 8.50. The lowest BCUT2D eigenvalue weighted by molar-refractivity contribution is -0.126. The van der Waals surface area contributed by atoms with Crippen LogP contribution in [0.4, 0.5) is 0 Å². The molecule has 0 saturated carbocycles. The molecule has 0 radical (unpaired) electrons. The zero-order valence-electron chi connectivity index (χ0n) is 15.0. The molecule has 2 amide bonds. The van der Waals surface area contributed by atoms with E-state index in [0.717, 1.165) is 11.3 Å². The Morgan fingerprint density at radius 2 is 2.07 bits per heavy atom. The summed E-state index contributed by atoms with van der Waals surface area (Å²) < 4.78 is 32.2. The van der Waals surface area contributed by atoms with E-state index >= 15 is 0 Å². The molecule has 1 fully saturated rings. The molecule has 3 heterocycles. The van der Waals surface area contributed by atoms with Crippen LogP contribution in [0.2, 0.25) is 0 Å². The van der Waals surface area contributed by atoms with Crippen LogP contribution < -0.4 is 10.9 Å². The minimum Gasteiger partial charge on any atom is -0.466 e. The summed E-state index contributed by atoms with van der Waals surface area (Å²) in [6.07, 6.45) is 1.14. The first-order valence-corrected chi connectivity index (χ1v) is 10.8. The standard InChI is InChI=1S/C17H21N3O5S2/c1-11-9-14(12(2)25-11)17(22)19-18-16(21)13-5-3-7-20(10-13)27(23,24)15-6-4-8-26-15/h4,6,8-9,13H,3,5,7,10H2,1-2H3,(H,18,21)(H,19,22). The predicted molar refractivity (Wildman–Crippen MR) is 99.6 cm³/mol. The molecule has 10 heteroatoms. The van der Waals surface area contributed by atoms with Gasteiger partial charge < -0.3 is 4.42 Å². The Hall–Kier alpha value is -2.17. The Bertz CT molecular complexity index is 934. The van der Waals surface area contributed by atoms with E-state index in [1.807, 2.05) is 0 Å². The highest BCUT2D eigenvalue weighted by Crippen LogP contribution is 2.26. The topological polar surface area (TPSA) is 109 Å². The summed E-state index contributed by atoms with van der Waals surface area (Å²) in [5, 5.41) is 1.70. The molecule has 2 aromatic heterocycles. The van der Waals surface area contributed by atoms with Crippen LogP contribution in [0, 0.1) is 19.8 Å².